The lowest BCUT2D eigenvalue weighted by Crippen LogP contribution is -2.04. The number of nitrogens with two attached hydrogens (primary N) is 1. The molecule has 2 rings (SSSR count). The lowest BCUT2D eigenvalue weighted by molar-refractivity contribution is 0.220. The lowest BCUT2D eigenvalue weighted by atomic mass is 10.0. The smallest absolute Gasteiger partial charge is 0.115 e. The Bertz CT molecular complexity index is 490. The van der Waals surface area contributed by atoms with Gasteiger partial charge in [-0.25, -0.2) is 9.97 Å². The molecule has 0 aliphatic rings. The molecule has 0 spiro atoms. The van der Waals surface area contributed by atoms with E-state index in [0.717, 1.165) is 4.47 Å². The fourth-order valence-electron chi connectivity index (χ4n) is 1.41. The predicted molar refractivity (Wildman–Crippen MR) is 64.6 cm³/mol. The number of hydrogen-bond donors (Lipinski definition) is 2. The number of nitrogen functional groups attached to an aromatic ring is 1. The highest BCUT2D eigenvalue weighted by Gasteiger charge is 2.14. The quantitative estimate of drug-likeness (QED) is 0.824. The van der Waals surface area contributed by atoms with Crippen LogP contribution in [0.15, 0.2) is 41.4 Å². The third kappa shape index (κ3) is 2.20. The van der Waals surface area contributed by atoms with Crippen LogP contribution in [0.1, 0.15) is 17.2 Å². The lowest BCUT2D eigenvalue weighted by Gasteiger charge is -2.13. The molecule has 0 saturated heterocycles. The Morgan fingerprint density at radius 2 is 1.94 bits per heavy atom. The second-order valence-electron chi connectivity index (χ2n) is 3.35. The molecule has 0 saturated carbocycles. The van der Waals surface area contributed by atoms with Gasteiger partial charge in [-0.15, -0.1) is 0 Å². The molecular formula is C11H10BrN3O. The van der Waals surface area contributed by atoms with Crippen LogP contribution in [0.25, 0.3) is 0 Å². The van der Waals surface area contributed by atoms with Crippen LogP contribution >= 0.6 is 15.9 Å². The van der Waals surface area contributed by atoms with E-state index < -0.39 is 6.10 Å². The summed E-state index contributed by atoms with van der Waals surface area (Å²) in [5.41, 5.74) is 7.61. The fraction of sp³-hybridized carbons (Fsp3) is 0.0909. The first-order chi connectivity index (χ1) is 7.68. The number of aliphatic hydroxyl groups excluding tert-OH is 1. The van der Waals surface area contributed by atoms with E-state index in [1.165, 1.54) is 6.33 Å². The van der Waals surface area contributed by atoms with Crippen LogP contribution in [0, 0.1) is 0 Å². The molecule has 82 valence electrons. The maximum absolute atomic E-state index is 10.1. The van der Waals surface area contributed by atoms with Gasteiger partial charge < -0.3 is 10.8 Å². The maximum atomic E-state index is 10.1. The summed E-state index contributed by atoms with van der Waals surface area (Å²) >= 11 is 3.34. The van der Waals surface area contributed by atoms with Gasteiger partial charge in [0.2, 0.25) is 0 Å². The molecule has 0 aliphatic carbocycles. The zero-order valence-electron chi connectivity index (χ0n) is 8.34. The highest BCUT2D eigenvalue weighted by atomic mass is 79.9. The summed E-state index contributed by atoms with van der Waals surface area (Å²) in [5, 5.41) is 10.1. The maximum Gasteiger partial charge on any atom is 0.115 e. The number of rotatable bonds is 2. The molecule has 2 aromatic rings. The van der Waals surface area contributed by atoms with Crippen molar-refractivity contribution in [3.8, 4) is 0 Å². The minimum absolute atomic E-state index is 0.541. The molecule has 1 aromatic heterocycles. The molecule has 0 radical (unpaired) electrons. The first kappa shape index (κ1) is 11.0. The molecule has 0 fully saturated rings. The standard InChI is InChI=1S/C11H10BrN3O/c12-8-1-2-10(13)9(3-8)11(16)7-4-14-6-15-5-7/h1-6,11,16H,13H2. The van der Waals surface area contributed by atoms with Crippen molar-refractivity contribution >= 4 is 21.6 Å². The van der Waals surface area contributed by atoms with Crippen LogP contribution in [-0.2, 0) is 0 Å². The normalized spacial score (nSPS) is 12.4. The topological polar surface area (TPSA) is 72.0 Å². The first-order valence-corrected chi connectivity index (χ1v) is 5.45. The van der Waals surface area contributed by atoms with Gasteiger partial charge in [-0.05, 0) is 18.2 Å². The highest BCUT2D eigenvalue weighted by Crippen LogP contribution is 2.28. The summed E-state index contributed by atoms with van der Waals surface area (Å²) in [6.45, 7) is 0. The van der Waals surface area contributed by atoms with E-state index in [-0.39, 0.29) is 0 Å². The summed E-state index contributed by atoms with van der Waals surface area (Å²) in [5.74, 6) is 0. The van der Waals surface area contributed by atoms with Crippen LogP contribution in [0.4, 0.5) is 5.69 Å². The Kier molecular flexibility index (Phi) is 3.17. The van der Waals surface area contributed by atoms with Gasteiger partial charge in [0.1, 0.15) is 12.4 Å². The Balaban J connectivity index is 2.41. The van der Waals surface area contributed by atoms with E-state index >= 15 is 0 Å². The van der Waals surface area contributed by atoms with E-state index in [2.05, 4.69) is 25.9 Å². The van der Waals surface area contributed by atoms with Gasteiger partial charge in [-0.3, -0.25) is 0 Å². The van der Waals surface area contributed by atoms with E-state index in [1.807, 2.05) is 6.07 Å². The summed E-state index contributed by atoms with van der Waals surface area (Å²) < 4.78 is 0.868. The van der Waals surface area contributed by atoms with Crippen LogP contribution in [0.3, 0.4) is 0 Å². The molecule has 1 atom stereocenters. The van der Waals surface area contributed by atoms with Crippen molar-refractivity contribution in [3.63, 3.8) is 0 Å². The van der Waals surface area contributed by atoms with Crippen molar-refractivity contribution in [2.75, 3.05) is 5.73 Å². The monoisotopic (exact) mass is 279 g/mol. The minimum atomic E-state index is -0.807. The van der Waals surface area contributed by atoms with Crippen LogP contribution in [0.2, 0.25) is 0 Å². The fourth-order valence-corrected chi connectivity index (χ4v) is 1.79. The van der Waals surface area contributed by atoms with Gasteiger partial charge in [0.25, 0.3) is 0 Å². The second kappa shape index (κ2) is 4.59. The second-order valence-corrected chi connectivity index (χ2v) is 4.26. The van der Waals surface area contributed by atoms with Crippen molar-refractivity contribution in [2.24, 2.45) is 0 Å². The molecule has 16 heavy (non-hydrogen) atoms. The van der Waals surface area contributed by atoms with E-state index in [4.69, 9.17) is 5.73 Å². The van der Waals surface area contributed by atoms with Gasteiger partial charge in [-0.1, -0.05) is 15.9 Å². The predicted octanol–water partition coefficient (Wildman–Crippen LogP) is 1.90. The zero-order chi connectivity index (χ0) is 11.5. The summed E-state index contributed by atoms with van der Waals surface area (Å²) in [4.78, 5) is 7.72. The van der Waals surface area contributed by atoms with Crippen LogP contribution in [0.5, 0.6) is 0 Å². The highest BCUT2D eigenvalue weighted by molar-refractivity contribution is 9.10. The van der Waals surface area contributed by atoms with Crippen LogP contribution in [-0.4, -0.2) is 15.1 Å². The zero-order valence-corrected chi connectivity index (χ0v) is 9.92. The molecule has 0 amide bonds. The summed E-state index contributed by atoms with van der Waals surface area (Å²) in [7, 11) is 0. The molecule has 0 bridgehead atoms. The summed E-state index contributed by atoms with van der Waals surface area (Å²) in [6.07, 6.45) is 3.75. The van der Waals surface area contributed by atoms with E-state index in [9.17, 15) is 5.11 Å². The van der Waals surface area contributed by atoms with Gasteiger partial charge in [0.15, 0.2) is 0 Å². The van der Waals surface area contributed by atoms with Crippen molar-refractivity contribution in [1.82, 2.24) is 9.97 Å². The van der Waals surface area contributed by atoms with Gasteiger partial charge >= 0.3 is 0 Å². The number of aromatic nitrogens is 2. The number of nitrogens with zero attached hydrogens (tertiary/aromatic N) is 2. The third-order valence-electron chi connectivity index (χ3n) is 2.24. The van der Waals surface area contributed by atoms with Gasteiger partial charge in [-0.2, -0.15) is 0 Å². The van der Waals surface area contributed by atoms with Gasteiger partial charge in [0, 0.05) is 33.7 Å². The average molecular weight is 280 g/mol. The number of aliphatic hydroxyl groups is 1. The largest absolute Gasteiger partial charge is 0.398 e. The molecule has 1 aromatic carbocycles. The molecular weight excluding hydrogens is 270 g/mol. The first-order valence-electron chi connectivity index (χ1n) is 4.66. The Hall–Kier alpha value is -1.46. The molecule has 1 unspecified atom stereocenters. The molecule has 4 nitrogen and oxygen atoms in total. The van der Waals surface area contributed by atoms with Crippen molar-refractivity contribution in [3.05, 3.63) is 52.5 Å². The number of benzene rings is 1. The molecule has 5 heteroatoms. The van der Waals surface area contributed by atoms with Gasteiger partial charge in [0.05, 0.1) is 0 Å². The van der Waals surface area contributed by atoms with Crippen LogP contribution < -0.4 is 5.73 Å². The van der Waals surface area contributed by atoms with E-state index in [0.29, 0.717) is 16.8 Å². The molecule has 3 N–H and O–H groups in total. The minimum Gasteiger partial charge on any atom is -0.398 e. The number of anilines is 1. The molecule has 0 aliphatic heterocycles. The third-order valence-corrected chi connectivity index (χ3v) is 2.73. The summed E-state index contributed by atoms with van der Waals surface area (Å²) in [6, 6.07) is 5.35. The van der Waals surface area contributed by atoms with Crippen molar-refractivity contribution in [1.29, 1.82) is 0 Å². The number of hydrogen-bond acceptors (Lipinski definition) is 4. The Morgan fingerprint density at radius 3 is 2.62 bits per heavy atom. The van der Waals surface area contributed by atoms with Crippen molar-refractivity contribution in [2.45, 2.75) is 6.10 Å². The van der Waals surface area contributed by atoms with Crippen molar-refractivity contribution < 1.29 is 5.11 Å². The number of halogens is 1. The Morgan fingerprint density at radius 1 is 1.25 bits per heavy atom. The average Bonchev–Trinajstić information content (AvgIpc) is 2.32. The molecule has 1 heterocycles. The van der Waals surface area contributed by atoms with E-state index in [1.54, 1.807) is 24.5 Å². The Labute approximate surface area is 101 Å². The SMILES string of the molecule is Nc1ccc(Br)cc1C(O)c1cncnc1.